The smallest absolute Gasteiger partial charge is 0.251 e. The SMILES string of the molecule is C#CCCCCOc1c(F)ccc(CNC(=O)c2ccc3ncccc3c2)c1F. The quantitative estimate of drug-likeness (QED) is 0.448. The highest BCUT2D eigenvalue weighted by molar-refractivity contribution is 5.97. The normalized spacial score (nSPS) is 10.5. The van der Waals surface area contributed by atoms with Gasteiger partial charge in [0.05, 0.1) is 12.1 Å². The molecule has 148 valence electrons. The molecule has 3 rings (SSSR count). The number of amides is 1. The first kappa shape index (κ1) is 20.3. The number of hydrogen-bond donors (Lipinski definition) is 1. The maximum Gasteiger partial charge on any atom is 0.251 e. The minimum absolute atomic E-state index is 0.0938. The molecule has 0 saturated heterocycles. The Morgan fingerprint density at radius 2 is 2.03 bits per heavy atom. The summed E-state index contributed by atoms with van der Waals surface area (Å²) < 4.78 is 33.8. The van der Waals surface area contributed by atoms with Crippen LogP contribution in [0.4, 0.5) is 8.78 Å². The molecule has 0 spiro atoms. The van der Waals surface area contributed by atoms with Gasteiger partial charge in [-0.1, -0.05) is 12.1 Å². The van der Waals surface area contributed by atoms with Crippen molar-refractivity contribution < 1.29 is 18.3 Å². The molecule has 0 saturated carbocycles. The number of fused-ring (bicyclic) bond motifs is 1. The van der Waals surface area contributed by atoms with Crippen LogP contribution < -0.4 is 10.1 Å². The molecule has 6 heteroatoms. The van der Waals surface area contributed by atoms with E-state index < -0.39 is 17.4 Å². The molecule has 0 bridgehead atoms. The van der Waals surface area contributed by atoms with Gasteiger partial charge in [-0.05, 0) is 43.2 Å². The zero-order valence-electron chi connectivity index (χ0n) is 15.8. The molecule has 3 aromatic rings. The Labute approximate surface area is 167 Å². The summed E-state index contributed by atoms with van der Waals surface area (Å²) in [4.78, 5) is 16.6. The molecule has 1 N–H and O–H groups in total. The number of pyridine rings is 1. The number of rotatable bonds is 8. The second kappa shape index (κ2) is 9.65. The van der Waals surface area contributed by atoms with Gasteiger partial charge >= 0.3 is 0 Å². The van der Waals surface area contributed by atoms with Crippen molar-refractivity contribution in [1.82, 2.24) is 10.3 Å². The second-order valence-corrected chi connectivity index (χ2v) is 6.45. The fourth-order valence-corrected chi connectivity index (χ4v) is 2.84. The minimum atomic E-state index is -0.815. The molecule has 1 aromatic heterocycles. The number of ether oxygens (including phenoxy) is 1. The summed E-state index contributed by atoms with van der Waals surface area (Å²) in [7, 11) is 0. The van der Waals surface area contributed by atoms with Crippen LogP contribution in [0.2, 0.25) is 0 Å². The van der Waals surface area contributed by atoms with E-state index in [2.05, 4.69) is 16.2 Å². The van der Waals surface area contributed by atoms with Gasteiger partial charge in [-0.15, -0.1) is 12.3 Å². The van der Waals surface area contributed by atoms with Crippen LogP contribution in [0, 0.1) is 24.0 Å². The van der Waals surface area contributed by atoms with Crippen LogP contribution in [0.25, 0.3) is 10.9 Å². The summed E-state index contributed by atoms with van der Waals surface area (Å²) in [5, 5.41) is 3.48. The van der Waals surface area contributed by atoms with Crippen molar-refractivity contribution in [2.24, 2.45) is 0 Å². The largest absolute Gasteiger partial charge is 0.488 e. The molecule has 0 radical (unpaired) electrons. The Morgan fingerprint density at radius 3 is 2.86 bits per heavy atom. The maximum atomic E-state index is 14.6. The Morgan fingerprint density at radius 1 is 1.17 bits per heavy atom. The first-order valence-corrected chi connectivity index (χ1v) is 9.26. The summed E-state index contributed by atoms with van der Waals surface area (Å²) >= 11 is 0. The third kappa shape index (κ3) is 5.08. The van der Waals surface area contributed by atoms with Crippen LogP contribution in [-0.2, 0) is 6.54 Å². The molecule has 0 fully saturated rings. The number of terminal acetylenes is 1. The van der Waals surface area contributed by atoms with Crippen molar-refractivity contribution in [1.29, 1.82) is 0 Å². The number of hydrogen-bond acceptors (Lipinski definition) is 3. The fourth-order valence-electron chi connectivity index (χ4n) is 2.84. The summed E-state index contributed by atoms with van der Waals surface area (Å²) in [5.74, 6) is 0.105. The Balaban J connectivity index is 1.65. The van der Waals surface area contributed by atoms with Crippen molar-refractivity contribution in [3.8, 4) is 18.1 Å². The summed E-state index contributed by atoms with van der Waals surface area (Å²) in [6, 6.07) is 11.2. The molecule has 1 amide bonds. The molecule has 0 atom stereocenters. The zero-order valence-corrected chi connectivity index (χ0v) is 15.8. The van der Waals surface area contributed by atoms with E-state index >= 15 is 0 Å². The van der Waals surface area contributed by atoms with Crippen LogP contribution in [0.15, 0.2) is 48.7 Å². The van der Waals surface area contributed by atoms with Gasteiger partial charge in [-0.3, -0.25) is 9.78 Å². The van der Waals surface area contributed by atoms with E-state index in [1.807, 2.05) is 6.07 Å². The van der Waals surface area contributed by atoms with Crippen LogP contribution in [0.3, 0.4) is 0 Å². The van der Waals surface area contributed by atoms with Crippen LogP contribution in [-0.4, -0.2) is 17.5 Å². The van der Waals surface area contributed by atoms with Crippen molar-refractivity contribution in [2.45, 2.75) is 25.8 Å². The van der Waals surface area contributed by atoms with Crippen molar-refractivity contribution in [3.05, 3.63) is 71.4 Å². The predicted molar refractivity (Wildman–Crippen MR) is 107 cm³/mol. The number of carbonyl (C=O) groups excluding carboxylic acids is 1. The highest BCUT2D eigenvalue weighted by Gasteiger charge is 2.16. The van der Waals surface area contributed by atoms with Crippen molar-refractivity contribution in [3.63, 3.8) is 0 Å². The lowest BCUT2D eigenvalue weighted by Gasteiger charge is -2.12. The number of nitrogens with zero attached hydrogens (tertiary/aromatic N) is 1. The molecular weight excluding hydrogens is 374 g/mol. The monoisotopic (exact) mass is 394 g/mol. The molecule has 0 unspecified atom stereocenters. The van der Waals surface area contributed by atoms with E-state index in [0.29, 0.717) is 18.4 Å². The molecule has 4 nitrogen and oxygen atoms in total. The Hall–Kier alpha value is -3.46. The first-order chi connectivity index (χ1) is 14.1. The molecular formula is C23H20F2N2O2. The van der Waals surface area contributed by atoms with E-state index in [-0.39, 0.29) is 24.6 Å². The number of carbonyl (C=O) groups is 1. The van der Waals surface area contributed by atoms with Gasteiger partial charge in [0.25, 0.3) is 5.91 Å². The number of unbranched alkanes of at least 4 members (excludes halogenated alkanes) is 2. The molecule has 2 aromatic carbocycles. The van der Waals surface area contributed by atoms with Gasteiger partial charge in [0.2, 0.25) is 0 Å². The molecule has 0 aliphatic heterocycles. The molecule has 1 heterocycles. The summed E-state index contributed by atoms with van der Waals surface area (Å²) in [5.41, 5.74) is 1.34. The van der Waals surface area contributed by atoms with Gasteiger partial charge in [0.15, 0.2) is 17.4 Å². The lowest BCUT2D eigenvalue weighted by Crippen LogP contribution is -2.23. The lowest BCUT2D eigenvalue weighted by molar-refractivity contribution is 0.0950. The van der Waals surface area contributed by atoms with Gasteiger partial charge in [-0.25, -0.2) is 8.78 Å². The zero-order chi connectivity index (χ0) is 20.6. The molecule has 29 heavy (non-hydrogen) atoms. The number of aromatic nitrogens is 1. The third-order valence-corrected chi connectivity index (χ3v) is 4.40. The number of halogens is 2. The second-order valence-electron chi connectivity index (χ2n) is 6.45. The molecule has 0 aliphatic carbocycles. The van der Waals surface area contributed by atoms with Crippen LogP contribution in [0.1, 0.15) is 35.2 Å². The van der Waals surface area contributed by atoms with Gasteiger partial charge in [0.1, 0.15) is 0 Å². The maximum absolute atomic E-state index is 14.6. The van der Waals surface area contributed by atoms with E-state index in [1.54, 1.807) is 30.5 Å². The third-order valence-electron chi connectivity index (χ3n) is 4.40. The number of benzene rings is 2. The van der Waals surface area contributed by atoms with Gasteiger partial charge < -0.3 is 10.1 Å². The standard InChI is InChI=1S/C23H20F2N2O2/c1-2-3-4-5-13-29-22-19(24)10-8-18(21(22)25)15-27-23(28)17-9-11-20-16(14-17)7-6-12-26-20/h1,6-12,14H,3-5,13,15H2,(H,27,28). The fraction of sp³-hybridized carbons (Fsp3) is 0.217. The van der Waals surface area contributed by atoms with E-state index in [9.17, 15) is 13.6 Å². The highest BCUT2D eigenvalue weighted by Crippen LogP contribution is 2.25. The average Bonchev–Trinajstić information content (AvgIpc) is 2.74. The van der Waals surface area contributed by atoms with Crippen molar-refractivity contribution in [2.75, 3.05) is 6.61 Å². The van der Waals surface area contributed by atoms with Crippen LogP contribution in [0.5, 0.6) is 5.75 Å². The van der Waals surface area contributed by atoms with E-state index in [0.717, 1.165) is 23.4 Å². The Bertz CT molecular complexity index is 1060. The first-order valence-electron chi connectivity index (χ1n) is 9.26. The predicted octanol–water partition coefficient (Wildman–Crippen LogP) is 4.63. The van der Waals surface area contributed by atoms with Crippen LogP contribution >= 0.6 is 0 Å². The number of nitrogens with one attached hydrogen (secondary N) is 1. The average molecular weight is 394 g/mol. The minimum Gasteiger partial charge on any atom is -0.488 e. The topological polar surface area (TPSA) is 51.2 Å². The summed E-state index contributed by atoms with van der Waals surface area (Å²) in [6.45, 7) is 0.0694. The van der Waals surface area contributed by atoms with Crippen molar-refractivity contribution >= 4 is 16.8 Å². The summed E-state index contributed by atoms with van der Waals surface area (Å²) in [6.07, 6.45) is 8.75. The van der Waals surface area contributed by atoms with E-state index in [1.165, 1.54) is 6.07 Å². The Kier molecular flexibility index (Phi) is 6.75. The lowest BCUT2D eigenvalue weighted by atomic mass is 10.1. The van der Waals surface area contributed by atoms with Gasteiger partial charge in [-0.2, -0.15) is 0 Å². The highest BCUT2D eigenvalue weighted by atomic mass is 19.1. The van der Waals surface area contributed by atoms with Gasteiger partial charge in [0, 0.05) is 35.7 Å². The molecule has 0 aliphatic rings. The van der Waals surface area contributed by atoms with E-state index in [4.69, 9.17) is 11.2 Å².